The van der Waals surface area contributed by atoms with Gasteiger partial charge in [-0.25, -0.2) is 0 Å². The van der Waals surface area contributed by atoms with Crippen molar-refractivity contribution in [3.8, 4) is 0 Å². The Morgan fingerprint density at radius 3 is 2.20 bits per heavy atom. The fourth-order valence-corrected chi connectivity index (χ4v) is 1.06. The number of unbranched alkanes of at least 4 members (excludes halogenated alkanes) is 5. The lowest BCUT2D eigenvalue weighted by Crippen LogP contribution is -1.80. The average molecular weight is 162 g/mol. The van der Waals surface area contributed by atoms with Gasteiger partial charge >= 0.3 is 0 Å². The van der Waals surface area contributed by atoms with Crippen molar-refractivity contribution in [1.82, 2.24) is 0 Å². The maximum Gasteiger partial charge on any atom is 0.0223 e. The Morgan fingerprint density at radius 2 is 1.60 bits per heavy atom. The molecule has 0 aliphatic rings. The maximum atomic E-state index is 6.77. The quantitative estimate of drug-likeness (QED) is 0.337. The van der Waals surface area contributed by atoms with Crippen LogP contribution >= 0.6 is 11.6 Å². The molecule has 0 aromatic carbocycles. The Hall–Kier alpha value is -0.0400. The van der Waals surface area contributed by atoms with E-state index in [1.54, 1.807) is 0 Å². The molecule has 0 bridgehead atoms. The second kappa shape index (κ2) is 8.96. The van der Waals surface area contributed by atoms with Gasteiger partial charge in [0.1, 0.15) is 0 Å². The molecule has 0 rings (SSSR count). The zero-order valence-corrected chi connectivity index (χ0v) is 7.16. The molecule has 0 saturated heterocycles. The van der Waals surface area contributed by atoms with Crippen LogP contribution in [0.3, 0.4) is 0 Å². The highest BCUT2D eigenvalue weighted by Gasteiger charge is 1.87. The highest BCUT2D eigenvalue weighted by Crippen LogP contribution is 2.04. The van der Waals surface area contributed by atoms with Gasteiger partial charge in [0, 0.05) is 5.88 Å². The molecule has 10 heavy (non-hydrogen) atoms. The second-order valence-corrected chi connectivity index (χ2v) is 2.83. The van der Waals surface area contributed by atoms with E-state index in [0.717, 1.165) is 18.7 Å². The molecule has 0 amide bonds. The molecular weight excluding hydrogens is 146 g/mol. The van der Waals surface area contributed by atoms with Crippen LogP contribution in [0.5, 0.6) is 0 Å². The van der Waals surface area contributed by atoms with Crippen molar-refractivity contribution in [2.75, 3.05) is 5.88 Å². The van der Waals surface area contributed by atoms with Crippen LogP contribution < -0.4 is 0 Å². The van der Waals surface area contributed by atoms with Crippen LogP contribution in [0, 0.1) is 5.41 Å². The third kappa shape index (κ3) is 7.96. The summed E-state index contributed by atoms with van der Waals surface area (Å²) in [4.78, 5) is 0. The fourth-order valence-electron chi connectivity index (χ4n) is 0.871. The molecule has 0 aromatic rings. The van der Waals surface area contributed by atoms with Gasteiger partial charge in [0.25, 0.3) is 0 Å². The number of hydrogen-bond donors (Lipinski definition) is 1. The first-order chi connectivity index (χ1) is 4.91. The summed E-state index contributed by atoms with van der Waals surface area (Å²) in [5, 5.41) is 6.77. The molecule has 60 valence electrons. The van der Waals surface area contributed by atoms with Gasteiger partial charge < -0.3 is 5.41 Å². The molecule has 0 aliphatic carbocycles. The van der Waals surface area contributed by atoms with Crippen molar-refractivity contribution in [2.24, 2.45) is 0 Å². The number of alkyl halides is 1. The van der Waals surface area contributed by atoms with Gasteiger partial charge in [-0.05, 0) is 25.5 Å². The van der Waals surface area contributed by atoms with Gasteiger partial charge in [-0.3, -0.25) is 0 Å². The summed E-state index contributed by atoms with van der Waals surface area (Å²) >= 11 is 5.51. The number of nitrogens with one attached hydrogen (secondary N) is 1. The summed E-state index contributed by atoms with van der Waals surface area (Å²) in [7, 11) is 0. The van der Waals surface area contributed by atoms with E-state index < -0.39 is 0 Å². The zero-order chi connectivity index (χ0) is 7.66. The third-order valence-electron chi connectivity index (χ3n) is 1.48. The molecule has 0 fully saturated rings. The standard InChI is InChI=1S/C8H16ClN/c9-7-5-3-1-2-4-6-8-10/h8,10H,1-7H2. The monoisotopic (exact) mass is 161 g/mol. The van der Waals surface area contributed by atoms with Crippen molar-refractivity contribution in [3.05, 3.63) is 0 Å². The van der Waals surface area contributed by atoms with E-state index in [-0.39, 0.29) is 0 Å². The summed E-state index contributed by atoms with van der Waals surface area (Å²) in [5.74, 6) is 0.796. The lowest BCUT2D eigenvalue weighted by atomic mass is 10.1. The number of rotatable bonds is 7. The van der Waals surface area contributed by atoms with Gasteiger partial charge in [-0.1, -0.05) is 19.3 Å². The largest absolute Gasteiger partial charge is 0.313 e. The molecule has 1 N–H and O–H groups in total. The highest BCUT2D eigenvalue weighted by molar-refractivity contribution is 6.17. The van der Waals surface area contributed by atoms with Crippen LogP contribution in [0.1, 0.15) is 38.5 Å². The predicted octanol–water partition coefficient (Wildman–Crippen LogP) is 3.22. The van der Waals surface area contributed by atoms with Gasteiger partial charge in [-0.15, -0.1) is 11.6 Å². The van der Waals surface area contributed by atoms with Crippen LogP contribution in [0.25, 0.3) is 0 Å². The molecule has 2 heteroatoms. The van der Waals surface area contributed by atoms with Crippen LogP contribution in [0.2, 0.25) is 0 Å². The van der Waals surface area contributed by atoms with Gasteiger partial charge in [0.15, 0.2) is 0 Å². The molecule has 0 atom stereocenters. The first-order valence-corrected chi connectivity index (χ1v) is 4.50. The lowest BCUT2D eigenvalue weighted by molar-refractivity contribution is 0.646. The van der Waals surface area contributed by atoms with Gasteiger partial charge in [0.2, 0.25) is 0 Å². The average Bonchev–Trinajstić information content (AvgIpc) is 1.97. The van der Waals surface area contributed by atoms with Crippen molar-refractivity contribution in [2.45, 2.75) is 38.5 Å². The first kappa shape index (κ1) is 9.96. The lowest BCUT2D eigenvalue weighted by Gasteiger charge is -1.95. The summed E-state index contributed by atoms with van der Waals surface area (Å²) in [6.07, 6.45) is 8.54. The fraction of sp³-hybridized carbons (Fsp3) is 0.875. The molecule has 0 unspecified atom stereocenters. The van der Waals surface area contributed by atoms with Crippen LogP contribution in [0.4, 0.5) is 0 Å². The van der Waals surface area contributed by atoms with Gasteiger partial charge in [-0.2, -0.15) is 0 Å². The molecule has 0 aliphatic heterocycles. The van der Waals surface area contributed by atoms with E-state index in [9.17, 15) is 0 Å². The number of halogens is 1. The summed E-state index contributed by atoms with van der Waals surface area (Å²) in [6, 6.07) is 0. The minimum atomic E-state index is 0.796. The first-order valence-electron chi connectivity index (χ1n) is 3.96. The van der Waals surface area contributed by atoms with Crippen molar-refractivity contribution < 1.29 is 0 Å². The Labute approximate surface area is 68.3 Å². The molecule has 0 aromatic heterocycles. The summed E-state index contributed by atoms with van der Waals surface area (Å²) < 4.78 is 0. The Morgan fingerprint density at radius 1 is 1.00 bits per heavy atom. The van der Waals surface area contributed by atoms with Crippen LogP contribution in [0.15, 0.2) is 0 Å². The Kier molecular flexibility index (Phi) is 8.92. The highest BCUT2D eigenvalue weighted by atomic mass is 35.5. The summed E-state index contributed by atoms with van der Waals surface area (Å²) in [6.45, 7) is 0. The molecule has 0 heterocycles. The summed E-state index contributed by atoms with van der Waals surface area (Å²) in [5.41, 5.74) is 0. The zero-order valence-electron chi connectivity index (χ0n) is 6.41. The molecular formula is C8H16ClN. The van der Waals surface area contributed by atoms with Crippen molar-refractivity contribution >= 4 is 17.8 Å². The van der Waals surface area contributed by atoms with E-state index in [4.69, 9.17) is 17.0 Å². The van der Waals surface area contributed by atoms with E-state index in [0.29, 0.717) is 0 Å². The second-order valence-electron chi connectivity index (χ2n) is 2.45. The Bertz CT molecular complexity index is 73.7. The SMILES string of the molecule is N=CCCCCCCCCl. The Balaban J connectivity index is 2.70. The molecule has 0 spiro atoms. The predicted molar refractivity (Wildman–Crippen MR) is 47.2 cm³/mol. The molecule has 0 saturated carbocycles. The number of hydrogen-bond acceptors (Lipinski definition) is 1. The molecule has 0 radical (unpaired) electrons. The van der Waals surface area contributed by atoms with Crippen molar-refractivity contribution in [3.63, 3.8) is 0 Å². The smallest absolute Gasteiger partial charge is 0.0223 e. The topological polar surface area (TPSA) is 23.9 Å². The molecule has 1 nitrogen and oxygen atoms in total. The maximum absolute atomic E-state index is 6.77. The van der Waals surface area contributed by atoms with Crippen LogP contribution in [-0.4, -0.2) is 12.1 Å². The van der Waals surface area contributed by atoms with Gasteiger partial charge in [0.05, 0.1) is 0 Å². The third-order valence-corrected chi connectivity index (χ3v) is 1.75. The minimum Gasteiger partial charge on any atom is -0.313 e. The minimum absolute atomic E-state index is 0.796. The van der Waals surface area contributed by atoms with E-state index in [2.05, 4.69) is 0 Å². The van der Waals surface area contributed by atoms with Crippen LogP contribution in [-0.2, 0) is 0 Å². The van der Waals surface area contributed by atoms with E-state index >= 15 is 0 Å². The van der Waals surface area contributed by atoms with E-state index in [1.165, 1.54) is 31.9 Å². The van der Waals surface area contributed by atoms with Crippen molar-refractivity contribution in [1.29, 1.82) is 5.41 Å². The normalized spacial score (nSPS) is 9.70. The van der Waals surface area contributed by atoms with E-state index in [1.807, 2.05) is 0 Å².